The van der Waals surface area contributed by atoms with E-state index < -0.39 is 17.8 Å². The highest BCUT2D eigenvalue weighted by Gasteiger charge is 2.35. The molecule has 1 aliphatic heterocycles. The first-order chi connectivity index (χ1) is 12.1. The van der Waals surface area contributed by atoms with Crippen molar-refractivity contribution < 1.29 is 19.2 Å². The molecule has 2 aromatic rings. The lowest BCUT2D eigenvalue weighted by molar-refractivity contribution is -0.143. The van der Waals surface area contributed by atoms with E-state index in [2.05, 4.69) is 10.1 Å². The summed E-state index contributed by atoms with van der Waals surface area (Å²) in [4.78, 5) is 45.7. The van der Waals surface area contributed by atoms with Crippen molar-refractivity contribution >= 4 is 23.6 Å². The summed E-state index contributed by atoms with van der Waals surface area (Å²) in [7, 11) is 0. The molecule has 0 radical (unpaired) electrons. The second-order valence-electron chi connectivity index (χ2n) is 5.24. The third-order valence-electron chi connectivity index (χ3n) is 3.62. The van der Waals surface area contributed by atoms with Gasteiger partial charge in [0, 0.05) is 24.5 Å². The van der Waals surface area contributed by atoms with Gasteiger partial charge < -0.3 is 10.6 Å². The Balaban J connectivity index is 1.57. The number of imide groups is 1. The summed E-state index contributed by atoms with van der Waals surface area (Å²) in [6.07, 6.45) is 2.87. The van der Waals surface area contributed by atoms with Crippen LogP contribution in [0.4, 0.5) is 0 Å². The Hall–Kier alpha value is -3.55. The standard InChI is InChI=1S/C17H14N4O4/c18-15(11-4-3-8-19-10-11)20-25-14(22)7-9-21-16(23)12-5-1-2-6-13(12)17(21)24/h1-6,8,10H,7,9H2,(H2,18,20). The number of aromatic nitrogens is 1. The monoisotopic (exact) mass is 338 g/mol. The molecular weight excluding hydrogens is 324 g/mol. The summed E-state index contributed by atoms with van der Waals surface area (Å²) in [5, 5.41) is 3.53. The number of hydrogen-bond donors (Lipinski definition) is 1. The maximum atomic E-state index is 12.2. The average Bonchev–Trinajstić information content (AvgIpc) is 2.89. The number of hydrogen-bond acceptors (Lipinski definition) is 6. The highest BCUT2D eigenvalue weighted by Crippen LogP contribution is 2.22. The van der Waals surface area contributed by atoms with Crippen LogP contribution in [-0.4, -0.2) is 40.0 Å². The molecule has 8 heteroatoms. The molecule has 3 rings (SSSR count). The molecule has 0 unspecified atom stereocenters. The molecule has 8 nitrogen and oxygen atoms in total. The van der Waals surface area contributed by atoms with E-state index in [0.717, 1.165) is 4.90 Å². The number of oxime groups is 1. The van der Waals surface area contributed by atoms with E-state index in [1.54, 1.807) is 42.6 Å². The minimum absolute atomic E-state index is 0.00202. The van der Waals surface area contributed by atoms with Crippen LogP contribution in [0.3, 0.4) is 0 Å². The first kappa shape index (κ1) is 16.3. The summed E-state index contributed by atoms with van der Waals surface area (Å²) in [6, 6.07) is 9.84. The minimum atomic E-state index is -0.705. The Morgan fingerprint density at radius 3 is 2.40 bits per heavy atom. The van der Waals surface area contributed by atoms with Gasteiger partial charge in [-0.05, 0) is 24.3 Å². The Morgan fingerprint density at radius 1 is 1.12 bits per heavy atom. The van der Waals surface area contributed by atoms with Crippen LogP contribution in [0.15, 0.2) is 53.9 Å². The van der Waals surface area contributed by atoms with Gasteiger partial charge >= 0.3 is 5.97 Å². The van der Waals surface area contributed by atoms with Crippen LogP contribution >= 0.6 is 0 Å². The van der Waals surface area contributed by atoms with Crippen molar-refractivity contribution in [2.24, 2.45) is 10.9 Å². The van der Waals surface area contributed by atoms with Crippen LogP contribution < -0.4 is 5.73 Å². The zero-order chi connectivity index (χ0) is 17.8. The molecule has 126 valence electrons. The summed E-state index contributed by atoms with van der Waals surface area (Å²) in [5.74, 6) is -1.55. The SMILES string of the molecule is N/C(=N/OC(=O)CCN1C(=O)c2ccccc2C1=O)c1cccnc1. The van der Waals surface area contributed by atoms with Crippen molar-refractivity contribution in [2.75, 3.05) is 6.54 Å². The number of carbonyl (C=O) groups is 3. The number of rotatable bonds is 5. The van der Waals surface area contributed by atoms with Gasteiger partial charge in [0.2, 0.25) is 0 Å². The number of carbonyl (C=O) groups excluding carboxylic acids is 3. The summed E-state index contributed by atoms with van der Waals surface area (Å²) < 4.78 is 0. The van der Waals surface area contributed by atoms with E-state index in [4.69, 9.17) is 10.6 Å². The van der Waals surface area contributed by atoms with E-state index in [9.17, 15) is 14.4 Å². The number of amidine groups is 1. The molecule has 0 fully saturated rings. The second kappa shape index (κ2) is 6.91. The molecule has 1 aliphatic rings. The number of pyridine rings is 1. The molecule has 2 amide bonds. The van der Waals surface area contributed by atoms with Gasteiger partial charge in [-0.2, -0.15) is 0 Å². The van der Waals surface area contributed by atoms with E-state index in [1.807, 2.05) is 0 Å². The summed E-state index contributed by atoms with van der Waals surface area (Å²) in [5.41, 5.74) is 6.85. The largest absolute Gasteiger partial charge is 0.380 e. The van der Waals surface area contributed by atoms with Crippen molar-refractivity contribution in [1.29, 1.82) is 0 Å². The highest BCUT2D eigenvalue weighted by atomic mass is 16.7. The second-order valence-corrected chi connectivity index (χ2v) is 5.24. The van der Waals surface area contributed by atoms with Gasteiger partial charge in [-0.25, -0.2) is 4.79 Å². The minimum Gasteiger partial charge on any atom is -0.380 e. The van der Waals surface area contributed by atoms with E-state index in [0.29, 0.717) is 16.7 Å². The molecule has 1 aromatic heterocycles. The van der Waals surface area contributed by atoms with Crippen LogP contribution in [0.1, 0.15) is 32.7 Å². The van der Waals surface area contributed by atoms with Crippen LogP contribution in [0, 0.1) is 0 Å². The maximum Gasteiger partial charge on any atom is 0.336 e. The molecule has 0 atom stereocenters. The molecule has 2 heterocycles. The van der Waals surface area contributed by atoms with Crippen molar-refractivity contribution in [2.45, 2.75) is 6.42 Å². The fraction of sp³-hybridized carbons (Fsp3) is 0.118. The summed E-state index contributed by atoms with van der Waals surface area (Å²) in [6.45, 7) is -0.0898. The molecule has 0 spiro atoms. The van der Waals surface area contributed by atoms with Crippen LogP contribution in [0.2, 0.25) is 0 Å². The number of amides is 2. The fourth-order valence-corrected chi connectivity index (χ4v) is 2.36. The molecule has 0 bridgehead atoms. The van der Waals surface area contributed by atoms with Gasteiger partial charge in [0.15, 0.2) is 5.84 Å². The average molecular weight is 338 g/mol. The Labute approximate surface area is 142 Å². The summed E-state index contributed by atoms with van der Waals surface area (Å²) >= 11 is 0. The van der Waals surface area contributed by atoms with Crippen LogP contribution in [-0.2, 0) is 9.63 Å². The van der Waals surface area contributed by atoms with E-state index >= 15 is 0 Å². The lowest BCUT2D eigenvalue weighted by Crippen LogP contribution is -2.32. The Kier molecular flexibility index (Phi) is 4.51. The zero-order valence-electron chi connectivity index (χ0n) is 13.1. The first-order valence-corrected chi connectivity index (χ1v) is 7.47. The lowest BCUT2D eigenvalue weighted by Gasteiger charge is -2.12. The topological polar surface area (TPSA) is 115 Å². The highest BCUT2D eigenvalue weighted by molar-refractivity contribution is 6.21. The molecule has 25 heavy (non-hydrogen) atoms. The van der Waals surface area contributed by atoms with Gasteiger partial charge in [0.25, 0.3) is 11.8 Å². The predicted molar refractivity (Wildman–Crippen MR) is 87.5 cm³/mol. The zero-order valence-corrected chi connectivity index (χ0v) is 13.1. The number of fused-ring (bicyclic) bond motifs is 1. The van der Waals surface area contributed by atoms with Crippen LogP contribution in [0.25, 0.3) is 0 Å². The molecule has 1 aromatic carbocycles. The number of nitrogens with two attached hydrogens (primary N) is 1. The van der Waals surface area contributed by atoms with Crippen LogP contribution in [0.5, 0.6) is 0 Å². The lowest BCUT2D eigenvalue weighted by atomic mass is 10.1. The Morgan fingerprint density at radius 2 is 1.80 bits per heavy atom. The third-order valence-corrected chi connectivity index (χ3v) is 3.62. The van der Waals surface area contributed by atoms with Gasteiger partial charge in [-0.3, -0.25) is 19.5 Å². The van der Waals surface area contributed by atoms with E-state index in [1.165, 1.54) is 6.20 Å². The molecule has 2 N–H and O–H groups in total. The first-order valence-electron chi connectivity index (χ1n) is 7.47. The third kappa shape index (κ3) is 3.37. The van der Waals surface area contributed by atoms with Crippen molar-refractivity contribution in [3.63, 3.8) is 0 Å². The van der Waals surface area contributed by atoms with Gasteiger partial charge in [-0.1, -0.05) is 17.3 Å². The fourth-order valence-electron chi connectivity index (χ4n) is 2.36. The molecule has 0 saturated heterocycles. The van der Waals surface area contributed by atoms with Gasteiger partial charge in [-0.15, -0.1) is 0 Å². The quantitative estimate of drug-likeness (QED) is 0.285. The van der Waals surface area contributed by atoms with Gasteiger partial charge in [0.05, 0.1) is 17.5 Å². The molecular formula is C17H14N4O4. The Bertz CT molecular complexity index is 829. The van der Waals surface area contributed by atoms with Crippen molar-refractivity contribution in [3.8, 4) is 0 Å². The van der Waals surface area contributed by atoms with Crippen molar-refractivity contribution in [1.82, 2.24) is 9.88 Å². The maximum absolute atomic E-state index is 12.2. The normalized spacial score (nSPS) is 13.8. The number of benzene rings is 1. The van der Waals surface area contributed by atoms with Crippen molar-refractivity contribution in [3.05, 3.63) is 65.5 Å². The number of nitrogens with zero attached hydrogens (tertiary/aromatic N) is 3. The molecule has 0 saturated carbocycles. The predicted octanol–water partition coefficient (Wildman–Crippen LogP) is 0.931. The molecule has 0 aliphatic carbocycles. The van der Waals surface area contributed by atoms with E-state index in [-0.39, 0.29) is 18.8 Å². The van der Waals surface area contributed by atoms with Gasteiger partial charge in [0.1, 0.15) is 0 Å². The smallest absolute Gasteiger partial charge is 0.336 e.